The summed E-state index contributed by atoms with van der Waals surface area (Å²) in [6.45, 7) is 18.7. The highest BCUT2D eigenvalue weighted by molar-refractivity contribution is 6.00. The van der Waals surface area contributed by atoms with Crippen LogP contribution >= 0.6 is 0 Å². The van der Waals surface area contributed by atoms with Crippen molar-refractivity contribution in [1.82, 2.24) is 24.3 Å². The van der Waals surface area contributed by atoms with E-state index in [0.29, 0.717) is 30.5 Å². The van der Waals surface area contributed by atoms with Crippen LogP contribution in [0.3, 0.4) is 0 Å². The van der Waals surface area contributed by atoms with Crippen molar-refractivity contribution in [2.24, 2.45) is 23.7 Å². The van der Waals surface area contributed by atoms with Crippen LogP contribution in [0.25, 0.3) is 11.2 Å². The third-order valence-corrected chi connectivity index (χ3v) is 14.9. The standard InChI is InChI=1S/C51H73N5O11/c1-14-38-51(15-2)42(55(48(61)67-51)26-20-24-49(8,9)56-29-53-44-36(56)23-19-25-52-44)32(5)39(57)30(3)28-50(10,62-13)43(33(6)40(58)34(7)45(59)64-38)66-47-41(37(54(11)12)27-31(4)63-47)65-46(60)35-21-17-16-18-22-35/h16-19,21-23,25,29-34,37-38,41-43,47H,14-15,20,24,26-28H2,1-13H3/t30-,31-,32+,33+,34-,37+,38-,41-,42-,43-,47?,50-,51-/m1/s1. The van der Waals surface area contributed by atoms with Crippen molar-refractivity contribution >= 4 is 40.8 Å². The van der Waals surface area contributed by atoms with Crippen molar-refractivity contribution in [2.45, 2.75) is 167 Å². The predicted octanol–water partition coefficient (Wildman–Crippen LogP) is 7.41. The number of imidazole rings is 1. The largest absolute Gasteiger partial charge is 0.457 e. The van der Waals surface area contributed by atoms with E-state index in [4.69, 9.17) is 28.4 Å². The summed E-state index contributed by atoms with van der Waals surface area (Å²) in [5.41, 5.74) is -1.28. The first-order valence-electron chi connectivity index (χ1n) is 24.0. The maximum Gasteiger partial charge on any atom is 0.410 e. The van der Waals surface area contributed by atoms with Crippen molar-refractivity contribution in [3.8, 4) is 0 Å². The van der Waals surface area contributed by atoms with Crippen LogP contribution in [0.15, 0.2) is 55.0 Å². The first kappa shape index (κ1) is 51.6. The molecular weight excluding hydrogens is 859 g/mol. The van der Waals surface area contributed by atoms with Gasteiger partial charge in [0.15, 0.2) is 29.4 Å². The Labute approximate surface area is 395 Å². The van der Waals surface area contributed by atoms with Crippen molar-refractivity contribution < 1.29 is 52.4 Å². The van der Waals surface area contributed by atoms with Crippen LogP contribution in [-0.2, 0) is 48.3 Å². The molecule has 1 aromatic carbocycles. The zero-order chi connectivity index (χ0) is 49.2. The van der Waals surface area contributed by atoms with Gasteiger partial charge in [-0.2, -0.15) is 0 Å². The molecule has 16 nitrogen and oxygen atoms in total. The average Bonchev–Trinajstić information content (AvgIpc) is 3.88. The molecule has 3 aromatic rings. The summed E-state index contributed by atoms with van der Waals surface area (Å²) in [5.74, 6) is -5.80. The molecule has 0 spiro atoms. The highest BCUT2D eigenvalue weighted by atomic mass is 16.7. The highest BCUT2D eigenvalue weighted by Crippen LogP contribution is 2.45. The third-order valence-electron chi connectivity index (χ3n) is 14.9. The van der Waals surface area contributed by atoms with Crippen LogP contribution < -0.4 is 0 Å². The van der Waals surface area contributed by atoms with Crippen molar-refractivity contribution in [3.05, 3.63) is 60.6 Å². The molecule has 3 fully saturated rings. The minimum atomic E-state index is -1.41. The van der Waals surface area contributed by atoms with E-state index in [1.807, 2.05) is 71.8 Å². The Balaban J connectivity index is 1.35. The van der Waals surface area contributed by atoms with Crippen LogP contribution in [0.1, 0.15) is 118 Å². The van der Waals surface area contributed by atoms with E-state index < -0.39 is 94.9 Å². The Morgan fingerprint density at radius 1 is 0.955 bits per heavy atom. The number of rotatable bonds is 13. The lowest BCUT2D eigenvalue weighted by molar-refractivity contribution is -0.294. The van der Waals surface area contributed by atoms with Gasteiger partial charge in [-0.05, 0) is 112 Å². The summed E-state index contributed by atoms with van der Waals surface area (Å²) in [7, 11) is 5.28. The van der Waals surface area contributed by atoms with Crippen LogP contribution in [0, 0.1) is 23.7 Å². The summed E-state index contributed by atoms with van der Waals surface area (Å²) in [5, 5.41) is 0. The molecule has 6 rings (SSSR count). The minimum absolute atomic E-state index is 0.0847. The molecule has 13 atom stereocenters. The summed E-state index contributed by atoms with van der Waals surface area (Å²) in [6, 6.07) is 11.3. The van der Waals surface area contributed by atoms with Gasteiger partial charge in [0.25, 0.3) is 0 Å². The van der Waals surface area contributed by atoms with Gasteiger partial charge >= 0.3 is 18.0 Å². The molecule has 1 amide bonds. The van der Waals surface area contributed by atoms with Gasteiger partial charge in [0.05, 0.1) is 47.3 Å². The highest BCUT2D eigenvalue weighted by Gasteiger charge is 2.62. The first-order valence-corrected chi connectivity index (χ1v) is 24.0. The number of carbonyl (C=O) groups is 5. The van der Waals surface area contributed by atoms with Crippen LogP contribution in [0.2, 0.25) is 0 Å². The number of cyclic esters (lactones) is 1. The second-order valence-corrected chi connectivity index (χ2v) is 20.1. The van der Waals surface area contributed by atoms with Gasteiger partial charge in [0.2, 0.25) is 0 Å². The topological polar surface area (TPSA) is 178 Å². The van der Waals surface area contributed by atoms with E-state index in [1.165, 1.54) is 14.0 Å². The van der Waals surface area contributed by atoms with E-state index in [2.05, 4.69) is 28.4 Å². The fraction of sp³-hybridized carbons (Fsp3) is 0.667. The van der Waals surface area contributed by atoms with Gasteiger partial charge in [-0.25, -0.2) is 19.6 Å². The number of likely N-dealkylation sites (N-methyl/N-ethyl adjacent to an activating group) is 1. The molecule has 368 valence electrons. The van der Waals surface area contributed by atoms with E-state index in [-0.39, 0.29) is 43.7 Å². The second-order valence-electron chi connectivity index (χ2n) is 20.1. The van der Waals surface area contributed by atoms with Crippen LogP contribution in [0.4, 0.5) is 4.79 Å². The number of esters is 2. The van der Waals surface area contributed by atoms with Crippen molar-refractivity contribution in [3.63, 3.8) is 0 Å². The average molecular weight is 932 g/mol. The number of carbonyl (C=O) groups excluding carboxylic acids is 5. The second kappa shape index (κ2) is 20.8. The molecule has 1 unspecified atom stereocenters. The SMILES string of the molecule is CC[C@H]1OC(=O)[C@H](C)C(=O)[C@H](C)[C@@H](OC2O[C@H](C)C[C@H](N(C)C)[C@H]2OC(=O)c2ccccc2)[C@](C)(OC)C[C@@H](C)C(=O)[C@H](C)[C@H]2N(CCCC(C)(C)n3cnc4ncccc43)C(=O)O[C@]12CC. The number of aromatic nitrogens is 3. The lowest BCUT2D eigenvalue weighted by atomic mass is 9.72. The Morgan fingerprint density at radius 3 is 2.30 bits per heavy atom. The van der Waals surface area contributed by atoms with Crippen molar-refractivity contribution in [2.75, 3.05) is 27.7 Å². The minimum Gasteiger partial charge on any atom is -0.457 e. The number of fused-ring (bicyclic) bond motifs is 2. The Hall–Kier alpha value is -4.77. The van der Waals surface area contributed by atoms with E-state index >= 15 is 4.79 Å². The molecule has 2 aromatic heterocycles. The number of Topliss-reactive ketones (excluding diaryl/α,β-unsaturated/α-hetero) is 2. The Kier molecular flexibility index (Phi) is 16.1. The summed E-state index contributed by atoms with van der Waals surface area (Å²) < 4.78 is 40.8. The zero-order valence-electron chi connectivity index (χ0n) is 41.7. The summed E-state index contributed by atoms with van der Waals surface area (Å²) >= 11 is 0. The number of ketones is 2. The fourth-order valence-corrected chi connectivity index (χ4v) is 11.0. The molecule has 67 heavy (non-hydrogen) atoms. The van der Waals surface area contributed by atoms with Crippen molar-refractivity contribution in [1.29, 1.82) is 0 Å². The van der Waals surface area contributed by atoms with Gasteiger partial charge in [-0.1, -0.05) is 52.8 Å². The number of hydrogen-bond acceptors (Lipinski definition) is 14. The van der Waals surface area contributed by atoms with Gasteiger partial charge < -0.3 is 42.8 Å². The molecule has 16 heteroatoms. The zero-order valence-corrected chi connectivity index (χ0v) is 41.7. The van der Waals surface area contributed by atoms with E-state index in [9.17, 15) is 19.2 Å². The van der Waals surface area contributed by atoms with Crippen LogP contribution in [-0.4, -0.2) is 136 Å². The quantitative estimate of drug-likeness (QED) is 0.0941. The molecule has 0 radical (unpaired) electrons. The molecular formula is C51H73N5O11. The lowest BCUT2D eigenvalue weighted by Crippen LogP contribution is -2.61. The molecule has 0 aliphatic carbocycles. The normalized spacial score (nSPS) is 33.6. The van der Waals surface area contributed by atoms with E-state index in [0.717, 1.165) is 5.52 Å². The monoisotopic (exact) mass is 932 g/mol. The maximum atomic E-state index is 15.1. The number of nitrogens with zero attached hydrogens (tertiary/aromatic N) is 5. The number of pyridine rings is 1. The molecule has 5 heterocycles. The number of benzene rings is 1. The summed E-state index contributed by atoms with van der Waals surface area (Å²) in [4.78, 5) is 84.7. The molecule has 0 bridgehead atoms. The number of methoxy groups -OCH3 is 1. The van der Waals surface area contributed by atoms with Gasteiger partial charge in [-0.15, -0.1) is 0 Å². The third kappa shape index (κ3) is 10.3. The Morgan fingerprint density at radius 2 is 1.66 bits per heavy atom. The summed E-state index contributed by atoms with van der Waals surface area (Å²) in [6.07, 6.45) is 0.609. The fourth-order valence-electron chi connectivity index (χ4n) is 11.0. The number of ether oxygens (including phenoxy) is 6. The van der Waals surface area contributed by atoms with Crippen LogP contribution in [0.5, 0.6) is 0 Å². The molecule has 3 aliphatic heterocycles. The number of hydrogen-bond donors (Lipinski definition) is 0. The maximum absolute atomic E-state index is 15.1. The number of amides is 1. The smallest absolute Gasteiger partial charge is 0.410 e. The lowest BCUT2D eigenvalue weighted by Gasteiger charge is -2.48. The predicted molar refractivity (Wildman–Crippen MR) is 250 cm³/mol. The molecule has 3 saturated heterocycles. The first-order chi connectivity index (χ1) is 31.6. The molecule has 0 N–H and O–H groups in total. The van der Waals surface area contributed by atoms with Gasteiger partial charge in [0, 0.05) is 43.1 Å². The molecule has 0 saturated carbocycles. The van der Waals surface area contributed by atoms with Gasteiger partial charge in [-0.3, -0.25) is 14.4 Å². The Bertz CT molecular complexity index is 2230. The van der Waals surface area contributed by atoms with E-state index in [1.54, 1.807) is 55.5 Å². The van der Waals surface area contributed by atoms with Gasteiger partial charge in [0.1, 0.15) is 17.8 Å². The molecule has 3 aliphatic rings.